The Morgan fingerprint density at radius 1 is 1.37 bits per heavy atom. The summed E-state index contributed by atoms with van der Waals surface area (Å²) in [5, 5.41) is 4.30. The fourth-order valence-electron chi connectivity index (χ4n) is 3.76. The van der Waals surface area contributed by atoms with Crippen molar-refractivity contribution in [1.82, 2.24) is 14.7 Å². The number of ether oxygens (including phenoxy) is 1. The van der Waals surface area contributed by atoms with E-state index in [4.69, 9.17) is 4.74 Å². The summed E-state index contributed by atoms with van der Waals surface area (Å²) >= 11 is 0. The molecule has 148 valence electrons. The van der Waals surface area contributed by atoms with Gasteiger partial charge in [-0.1, -0.05) is 13.0 Å². The fourth-order valence-corrected chi connectivity index (χ4v) is 3.76. The standard InChI is InChI=1S/C20H27F2N3O2/c1-13-12-24(19(26)27-20(2,3)4)10-8-15(13)17-7-9-23-25(17)18-6-5-14(21)11-16(18)22/h5-7,9,11,13,15-16,18H,8,10,12H2,1-4H3. The number of nitrogens with zero attached hydrogens (tertiary/aromatic N) is 3. The molecule has 3 rings (SSSR count). The van der Waals surface area contributed by atoms with E-state index in [1.54, 1.807) is 15.8 Å². The lowest BCUT2D eigenvalue weighted by atomic mass is 9.84. The van der Waals surface area contributed by atoms with Gasteiger partial charge in [0.15, 0.2) is 0 Å². The molecule has 5 nitrogen and oxygen atoms in total. The number of hydrogen-bond acceptors (Lipinski definition) is 3. The Morgan fingerprint density at radius 2 is 2.11 bits per heavy atom. The molecule has 1 aromatic rings. The molecule has 4 unspecified atom stereocenters. The topological polar surface area (TPSA) is 47.4 Å². The third-order valence-corrected chi connectivity index (χ3v) is 5.02. The molecule has 0 bridgehead atoms. The Bertz CT molecular complexity index is 751. The Morgan fingerprint density at radius 3 is 2.74 bits per heavy atom. The van der Waals surface area contributed by atoms with E-state index in [2.05, 4.69) is 12.0 Å². The zero-order valence-corrected chi connectivity index (χ0v) is 16.2. The van der Waals surface area contributed by atoms with Crippen LogP contribution < -0.4 is 0 Å². The maximum absolute atomic E-state index is 14.3. The highest BCUT2D eigenvalue weighted by atomic mass is 19.1. The second-order valence-electron chi connectivity index (χ2n) is 8.35. The number of halogens is 2. The van der Waals surface area contributed by atoms with Crippen LogP contribution in [0.5, 0.6) is 0 Å². The van der Waals surface area contributed by atoms with Gasteiger partial charge in [-0.15, -0.1) is 0 Å². The predicted octanol–water partition coefficient (Wildman–Crippen LogP) is 4.55. The van der Waals surface area contributed by atoms with Crippen molar-refractivity contribution in [2.75, 3.05) is 13.1 Å². The van der Waals surface area contributed by atoms with E-state index in [0.717, 1.165) is 18.2 Å². The smallest absolute Gasteiger partial charge is 0.410 e. The first-order valence-electron chi connectivity index (χ1n) is 9.36. The van der Waals surface area contributed by atoms with Crippen molar-refractivity contribution in [2.45, 2.75) is 57.8 Å². The molecule has 0 spiro atoms. The predicted molar refractivity (Wildman–Crippen MR) is 98.8 cm³/mol. The van der Waals surface area contributed by atoms with E-state index in [1.807, 2.05) is 26.8 Å². The van der Waals surface area contributed by atoms with Crippen molar-refractivity contribution in [3.63, 3.8) is 0 Å². The maximum Gasteiger partial charge on any atom is 0.410 e. The maximum atomic E-state index is 14.3. The Hall–Kier alpha value is -2.18. The number of amides is 1. The first kappa shape index (κ1) is 19.6. The molecule has 0 saturated carbocycles. The van der Waals surface area contributed by atoms with Crippen LogP contribution in [0.25, 0.3) is 0 Å². The van der Waals surface area contributed by atoms with Crippen molar-refractivity contribution in [1.29, 1.82) is 0 Å². The highest BCUT2D eigenvalue weighted by molar-refractivity contribution is 5.68. The van der Waals surface area contributed by atoms with Crippen LogP contribution in [-0.4, -0.2) is 45.6 Å². The number of piperidine rings is 1. The van der Waals surface area contributed by atoms with Crippen LogP contribution in [0.1, 0.15) is 51.8 Å². The first-order valence-corrected chi connectivity index (χ1v) is 9.36. The summed E-state index contributed by atoms with van der Waals surface area (Å²) in [6, 6.07) is 1.24. The van der Waals surface area contributed by atoms with Gasteiger partial charge < -0.3 is 9.64 Å². The van der Waals surface area contributed by atoms with E-state index >= 15 is 0 Å². The van der Waals surface area contributed by atoms with Crippen molar-refractivity contribution in [3.8, 4) is 0 Å². The zero-order valence-electron chi connectivity index (χ0n) is 16.2. The summed E-state index contributed by atoms with van der Waals surface area (Å²) in [6.45, 7) is 8.76. The van der Waals surface area contributed by atoms with E-state index in [-0.39, 0.29) is 17.9 Å². The summed E-state index contributed by atoms with van der Waals surface area (Å²) in [4.78, 5) is 14.1. The van der Waals surface area contributed by atoms with Crippen LogP contribution in [-0.2, 0) is 4.74 Å². The molecule has 1 saturated heterocycles. The molecule has 1 aromatic heterocycles. The molecule has 7 heteroatoms. The summed E-state index contributed by atoms with van der Waals surface area (Å²) in [5.74, 6) is -0.256. The van der Waals surface area contributed by atoms with E-state index < -0.39 is 23.6 Å². The van der Waals surface area contributed by atoms with Crippen molar-refractivity contribution in [3.05, 3.63) is 42.0 Å². The molecule has 2 heterocycles. The average Bonchev–Trinajstić information content (AvgIpc) is 3.02. The molecule has 1 aliphatic carbocycles. The first-order chi connectivity index (χ1) is 12.7. The van der Waals surface area contributed by atoms with Crippen LogP contribution >= 0.6 is 0 Å². The molecule has 2 aliphatic rings. The molecular formula is C20H27F2N3O2. The number of allylic oxidation sites excluding steroid dienone is 4. The summed E-state index contributed by atoms with van der Waals surface area (Å²) in [6.07, 6.45) is 4.40. The lowest BCUT2D eigenvalue weighted by Gasteiger charge is -2.38. The number of likely N-dealkylation sites (tertiary alicyclic amines) is 1. The minimum absolute atomic E-state index is 0.141. The number of carbonyl (C=O) groups excluding carboxylic acids is 1. The van der Waals surface area contributed by atoms with Gasteiger partial charge in [0.2, 0.25) is 0 Å². The van der Waals surface area contributed by atoms with Gasteiger partial charge >= 0.3 is 6.09 Å². The molecule has 1 fully saturated rings. The van der Waals surface area contributed by atoms with Crippen LogP contribution in [0, 0.1) is 5.92 Å². The Balaban J connectivity index is 1.72. The Labute approximate surface area is 158 Å². The molecular weight excluding hydrogens is 352 g/mol. The highest BCUT2D eigenvalue weighted by Gasteiger charge is 2.35. The molecule has 1 amide bonds. The molecule has 0 N–H and O–H groups in total. The van der Waals surface area contributed by atoms with Gasteiger partial charge in [0.05, 0.1) is 0 Å². The summed E-state index contributed by atoms with van der Waals surface area (Å²) in [5.41, 5.74) is 0.390. The van der Waals surface area contributed by atoms with Gasteiger partial charge in [-0.05, 0) is 51.3 Å². The zero-order chi connectivity index (χ0) is 19.8. The van der Waals surface area contributed by atoms with Crippen LogP contribution in [0.2, 0.25) is 0 Å². The number of rotatable bonds is 2. The van der Waals surface area contributed by atoms with Gasteiger partial charge in [-0.25, -0.2) is 13.6 Å². The number of aromatic nitrogens is 2. The quantitative estimate of drug-likeness (QED) is 0.758. The molecule has 1 aliphatic heterocycles. The van der Waals surface area contributed by atoms with E-state index in [9.17, 15) is 13.6 Å². The molecule has 27 heavy (non-hydrogen) atoms. The number of hydrogen-bond donors (Lipinski definition) is 0. The van der Waals surface area contributed by atoms with Crippen molar-refractivity contribution in [2.24, 2.45) is 5.92 Å². The van der Waals surface area contributed by atoms with E-state index in [1.165, 1.54) is 12.2 Å². The number of carbonyl (C=O) groups is 1. The molecule has 4 atom stereocenters. The average molecular weight is 379 g/mol. The lowest BCUT2D eigenvalue weighted by Crippen LogP contribution is -2.45. The largest absolute Gasteiger partial charge is 0.444 e. The van der Waals surface area contributed by atoms with Gasteiger partial charge in [-0.3, -0.25) is 4.68 Å². The second-order valence-corrected chi connectivity index (χ2v) is 8.35. The molecule has 0 aromatic carbocycles. The van der Waals surface area contributed by atoms with Crippen LogP contribution in [0.3, 0.4) is 0 Å². The summed E-state index contributed by atoms with van der Waals surface area (Å²) in [7, 11) is 0. The van der Waals surface area contributed by atoms with Gasteiger partial charge in [0, 0.05) is 30.9 Å². The second kappa shape index (κ2) is 7.44. The van der Waals surface area contributed by atoms with Crippen LogP contribution in [0.15, 0.2) is 36.3 Å². The normalized spacial score (nSPS) is 28.8. The van der Waals surface area contributed by atoms with E-state index in [0.29, 0.717) is 13.1 Å². The minimum Gasteiger partial charge on any atom is -0.444 e. The number of alkyl halides is 1. The monoisotopic (exact) mass is 379 g/mol. The summed E-state index contributed by atoms with van der Waals surface area (Å²) < 4.78 is 34.7. The van der Waals surface area contributed by atoms with Crippen LogP contribution in [0.4, 0.5) is 13.6 Å². The third-order valence-electron chi connectivity index (χ3n) is 5.02. The fraction of sp³-hybridized carbons (Fsp3) is 0.600. The van der Waals surface area contributed by atoms with Gasteiger partial charge in [-0.2, -0.15) is 5.10 Å². The minimum atomic E-state index is -1.45. The Kier molecular flexibility index (Phi) is 5.40. The van der Waals surface area contributed by atoms with Gasteiger partial charge in [0.1, 0.15) is 23.6 Å². The highest BCUT2D eigenvalue weighted by Crippen LogP contribution is 2.36. The molecule has 0 radical (unpaired) electrons. The SMILES string of the molecule is CC1CN(C(=O)OC(C)(C)C)CCC1c1ccnn1C1C=CC(F)=CC1F. The van der Waals surface area contributed by atoms with Crippen molar-refractivity contribution < 1.29 is 18.3 Å². The third kappa shape index (κ3) is 4.39. The van der Waals surface area contributed by atoms with Crippen molar-refractivity contribution >= 4 is 6.09 Å². The van der Waals surface area contributed by atoms with Gasteiger partial charge in [0.25, 0.3) is 0 Å². The lowest BCUT2D eigenvalue weighted by molar-refractivity contribution is 0.0151.